The molecular weight excluding hydrogens is 252 g/mol. The molecule has 0 aliphatic carbocycles. The number of fused-ring (bicyclic) bond motifs is 1. The first kappa shape index (κ1) is 12.9. The summed E-state index contributed by atoms with van der Waals surface area (Å²) in [6, 6.07) is 4.54. The molecule has 0 saturated heterocycles. The maximum Gasteiger partial charge on any atom is 0.325 e. The first-order valence-electron chi connectivity index (χ1n) is 5.54. The fraction of sp³-hybridized carbons (Fsp3) is 0.333. The van der Waals surface area contributed by atoms with E-state index >= 15 is 0 Å². The Balaban J connectivity index is 2.35. The third kappa shape index (κ3) is 2.34. The van der Waals surface area contributed by atoms with Crippen molar-refractivity contribution in [1.29, 1.82) is 0 Å². The van der Waals surface area contributed by atoms with E-state index in [0.717, 1.165) is 10.6 Å². The maximum absolute atomic E-state index is 11.5. The predicted molar refractivity (Wildman–Crippen MR) is 69.8 cm³/mol. The van der Waals surface area contributed by atoms with Gasteiger partial charge in [-0.15, -0.1) is 11.8 Å². The summed E-state index contributed by atoms with van der Waals surface area (Å²) >= 11 is 1.44. The van der Waals surface area contributed by atoms with E-state index in [0.29, 0.717) is 5.56 Å². The first-order chi connectivity index (χ1) is 8.52. The lowest BCUT2D eigenvalue weighted by molar-refractivity contribution is -0.139. The zero-order chi connectivity index (χ0) is 13.3. The predicted octanol–water partition coefficient (Wildman–Crippen LogP) is 1.46. The molecule has 0 radical (unpaired) electrons. The van der Waals surface area contributed by atoms with Gasteiger partial charge in [0, 0.05) is 4.90 Å². The second kappa shape index (κ2) is 4.99. The van der Waals surface area contributed by atoms with Crippen LogP contribution < -0.4 is 10.6 Å². The molecule has 2 rings (SSSR count). The van der Waals surface area contributed by atoms with Gasteiger partial charge in [0.15, 0.2) is 0 Å². The van der Waals surface area contributed by atoms with Gasteiger partial charge in [0.1, 0.15) is 6.04 Å². The number of hydrogen-bond donors (Lipinski definition) is 3. The van der Waals surface area contributed by atoms with Gasteiger partial charge in [0.2, 0.25) is 5.91 Å². The monoisotopic (exact) mass is 266 g/mol. The third-order valence-corrected chi connectivity index (χ3v) is 3.96. The molecule has 3 N–H and O–H groups in total. The Morgan fingerprint density at radius 3 is 2.89 bits per heavy atom. The van der Waals surface area contributed by atoms with Crippen LogP contribution in [0.3, 0.4) is 0 Å². The van der Waals surface area contributed by atoms with Gasteiger partial charge in [0.05, 0.1) is 10.9 Å². The van der Waals surface area contributed by atoms with Crippen LogP contribution in [0.2, 0.25) is 0 Å². The van der Waals surface area contributed by atoms with Crippen LogP contribution in [0.4, 0.5) is 5.69 Å². The molecular formula is C12H14N2O3S. The minimum Gasteiger partial charge on any atom is -0.480 e. The number of likely N-dealkylation sites (N-methyl/N-ethyl adjacent to an activating group) is 1. The Bertz CT molecular complexity index is 504. The summed E-state index contributed by atoms with van der Waals surface area (Å²) in [6.07, 6.45) is 0. The molecule has 5 nitrogen and oxygen atoms in total. The van der Waals surface area contributed by atoms with Crippen molar-refractivity contribution in [2.45, 2.75) is 23.1 Å². The van der Waals surface area contributed by atoms with Crippen molar-refractivity contribution in [2.75, 3.05) is 12.4 Å². The van der Waals surface area contributed by atoms with Gasteiger partial charge in [-0.1, -0.05) is 6.07 Å². The lowest BCUT2D eigenvalue weighted by Gasteiger charge is -2.23. The van der Waals surface area contributed by atoms with Crippen molar-refractivity contribution in [3.63, 3.8) is 0 Å². The third-order valence-electron chi connectivity index (χ3n) is 2.81. The van der Waals surface area contributed by atoms with Gasteiger partial charge in [0.25, 0.3) is 0 Å². The molecule has 2 unspecified atom stereocenters. The quantitative estimate of drug-likeness (QED) is 0.772. The molecule has 6 heteroatoms. The second-order valence-electron chi connectivity index (χ2n) is 4.06. The Kier molecular flexibility index (Phi) is 3.58. The van der Waals surface area contributed by atoms with E-state index in [1.165, 1.54) is 11.8 Å². The van der Waals surface area contributed by atoms with E-state index in [-0.39, 0.29) is 11.2 Å². The summed E-state index contributed by atoms with van der Waals surface area (Å²) in [4.78, 5) is 23.5. The largest absolute Gasteiger partial charge is 0.480 e. The Morgan fingerprint density at radius 1 is 1.56 bits per heavy atom. The molecule has 96 valence electrons. The average molecular weight is 266 g/mol. The highest BCUT2D eigenvalue weighted by atomic mass is 32.2. The lowest BCUT2D eigenvalue weighted by atomic mass is 10.1. The SMILES string of the molecule is CNC(C(=O)O)c1ccc2c(c1)SC(C)C(=O)N2. The van der Waals surface area contributed by atoms with Gasteiger partial charge in [-0.25, -0.2) is 0 Å². The smallest absolute Gasteiger partial charge is 0.325 e. The summed E-state index contributed by atoms with van der Waals surface area (Å²) < 4.78 is 0. The normalized spacial score (nSPS) is 19.9. The van der Waals surface area contributed by atoms with Crippen LogP contribution in [-0.2, 0) is 9.59 Å². The highest BCUT2D eigenvalue weighted by molar-refractivity contribution is 8.00. The van der Waals surface area contributed by atoms with Gasteiger partial charge < -0.3 is 15.7 Å². The summed E-state index contributed by atoms with van der Waals surface area (Å²) in [5.41, 5.74) is 1.42. The Hall–Kier alpha value is -1.53. The van der Waals surface area contributed by atoms with Crippen molar-refractivity contribution in [3.8, 4) is 0 Å². The number of amides is 1. The number of carboxylic acids is 1. The van der Waals surface area contributed by atoms with E-state index in [2.05, 4.69) is 10.6 Å². The average Bonchev–Trinajstić information content (AvgIpc) is 2.31. The molecule has 1 aliphatic rings. The summed E-state index contributed by atoms with van der Waals surface area (Å²) in [6.45, 7) is 1.82. The van der Waals surface area contributed by atoms with Crippen LogP contribution in [-0.4, -0.2) is 29.3 Å². The van der Waals surface area contributed by atoms with Gasteiger partial charge in [-0.2, -0.15) is 0 Å². The number of benzene rings is 1. The first-order valence-corrected chi connectivity index (χ1v) is 6.42. The minimum absolute atomic E-state index is 0.0244. The molecule has 1 heterocycles. The van der Waals surface area contributed by atoms with Crippen molar-refractivity contribution in [2.24, 2.45) is 0 Å². The van der Waals surface area contributed by atoms with Gasteiger partial charge >= 0.3 is 5.97 Å². The van der Waals surface area contributed by atoms with E-state index in [4.69, 9.17) is 5.11 Å². The summed E-state index contributed by atoms with van der Waals surface area (Å²) in [7, 11) is 1.61. The molecule has 1 aromatic rings. The van der Waals surface area contributed by atoms with E-state index in [1.807, 2.05) is 13.0 Å². The number of anilines is 1. The molecule has 1 amide bonds. The Morgan fingerprint density at radius 2 is 2.28 bits per heavy atom. The second-order valence-corrected chi connectivity index (χ2v) is 5.45. The maximum atomic E-state index is 11.5. The topological polar surface area (TPSA) is 78.4 Å². The number of thioether (sulfide) groups is 1. The van der Waals surface area contributed by atoms with Crippen molar-refractivity contribution in [1.82, 2.24) is 5.32 Å². The fourth-order valence-corrected chi connectivity index (χ4v) is 2.83. The number of carbonyl (C=O) groups is 2. The van der Waals surface area contributed by atoms with E-state index < -0.39 is 12.0 Å². The molecule has 0 fully saturated rings. The van der Waals surface area contributed by atoms with Crippen LogP contribution >= 0.6 is 11.8 Å². The number of hydrogen-bond acceptors (Lipinski definition) is 4. The lowest BCUT2D eigenvalue weighted by Crippen LogP contribution is -2.28. The summed E-state index contributed by atoms with van der Waals surface area (Å²) in [5, 5.41) is 14.5. The highest BCUT2D eigenvalue weighted by Crippen LogP contribution is 2.37. The van der Waals surface area contributed by atoms with Crippen LogP contribution in [0.5, 0.6) is 0 Å². The standard InChI is InChI=1S/C12H14N2O3S/c1-6-11(15)14-8-4-3-7(5-9(8)18-6)10(13-2)12(16)17/h3-6,10,13H,1-2H3,(H,14,15)(H,16,17). The number of aliphatic carboxylic acids is 1. The summed E-state index contributed by atoms with van der Waals surface area (Å²) in [5.74, 6) is -0.945. The Labute approximate surface area is 109 Å². The molecule has 1 aliphatic heterocycles. The number of carbonyl (C=O) groups excluding carboxylic acids is 1. The molecule has 2 atom stereocenters. The zero-order valence-corrected chi connectivity index (χ0v) is 10.9. The van der Waals surface area contributed by atoms with Crippen LogP contribution in [0.25, 0.3) is 0 Å². The fourth-order valence-electron chi connectivity index (χ4n) is 1.83. The highest BCUT2D eigenvalue weighted by Gasteiger charge is 2.25. The van der Waals surface area contributed by atoms with Crippen LogP contribution in [0.15, 0.2) is 23.1 Å². The van der Waals surface area contributed by atoms with Crippen LogP contribution in [0, 0.1) is 0 Å². The van der Waals surface area contributed by atoms with E-state index in [9.17, 15) is 9.59 Å². The number of carboxylic acid groups (broad SMARTS) is 1. The van der Waals surface area contributed by atoms with Gasteiger partial charge in [-0.3, -0.25) is 9.59 Å². The molecule has 0 aromatic heterocycles. The molecule has 0 bridgehead atoms. The zero-order valence-electron chi connectivity index (χ0n) is 10.1. The number of nitrogens with one attached hydrogen (secondary N) is 2. The van der Waals surface area contributed by atoms with Crippen molar-refractivity contribution < 1.29 is 14.7 Å². The molecule has 18 heavy (non-hydrogen) atoms. The van der Waals surface area contributed by atoms with E-state index in [1.54, 1.807) is 19.2 Å². The van der Waals surface area contributed by atoms with Gasteiger partial charge in [-0.05, 0) is 31.7 Å². The number of rotatable bonds is 3. The van der Waals surface area contributed by atoms with Crippen LogP contribution in [0.1, 0.15) is 18.5 Å². The van der Waals surface area contributed by atoms with Crippen molar-refractivity contribution in [3.05, 3.63) is 23.8 Å². The van der Waals surface area contributed by atoms with Crippen molar-refractivity contribution >= 4 is 29.3 Å². The molecule has 0 saturated carbocycles. The molecule has 0 spiro atoms. The minimum atomic E-state index is -0.921. The molecule has 1 aromatic carbocycles.